The molecule has 2 aromatic rings. The Morgan fingerprint density at radius 2 is 1.88 bits per heavy atom. The number of hydrogen-bond donors (Lipinski definition) is 1. The van der Waals surface area contributed by atoms with E-state index in [4.69, 9.17) is 10.7 Å². The minimum Gasteiger partial charge on any atom is -0.402 e. The number of piperazine rings is 1. The smallest absolute Gasteiger partial charge is 0.402 e. The fourth-order valence-corrected chi connectivity index (χ4v) is 6.30. The van der Waals surface area contributed by atoms with Crippen molar-refractivity contribution in [2.45, 2.75) is 56.5 Å². The van der Waals surface area contributed by atoms with Crippen molar-refractivity contribution in [2.24, 2.45) is 11.8 Å². The van der Waals surface area contributed by atoms with Crippen LogP contribution in [-0.4, -0.2) is 69.5 Å². The molecule has 2 aromatic heterocycles. The van der Waals surface area contributed by atoms with Gasteiger partial charge in [-0.25, -0.2) is 9.97 Å². The lowest BCUT2D eigenvalue weighted by molar-refractivity contribution is -0.274. The maximum Gasteiger partial charge on any atom is 0.573 e. The van der Waals surface area contributed by atoms with Gasteiger partial charge in [0.2, 0.25) is 0 Å². The van der Waals surface area contributed by atoms with Gasteiger partial charge in [0.05, 0.1) is 5.69 Å². The van der Waals surface area contributed by atoms with Crippen LogP contribution in [0.4, 0.5) is 19.0 Å². The van der Waals surface area contributed by atoms with Gasteiger partial charge in [0.1, 0.15) is 5.82 Å². The summed E-state index contributed by atoms with van der Waals surface area (Å²) in [4.78, 5) is 13.9. The molecular formula is C24H31F3N6O. The number of rotatable bonds is 6. The largest absolute Gasteiger partial charge is 0.573 e. The average Bonchev–Trinajstić information content (AvgIpc) is 3.18. The first-order chi connectivity index (χ1) is 16.2. The summed E-state index contributed by atoms with van der Waals surface area (Å²) >= 11 is 0. The zero-order valence-corrected chi connectivity index (χ0v) is 19.4. The predicted octanol–water partition coefficient (Wildman–Crippen LogP) is 3.72. The highest BCUT2D eigenvalue weighted by molar-refractivity contribution is 5.63. The van der Waals surface area contributed by atoms with Crippen LogP contribution in [0.15, 0.2) is 18.5 Å². The molecule has 1 saturated heterocycles. The van der Waals surface area contributed by atoms with Crippen molar-refractivity contribution < 1.29 is 17.9 Å². The van der Waals surface area contributed by atoms with Crippen LogP contribution < -0.4 is 10.5 Å². The summed E-state index contributed by atoms with van der Waals surface area (Å²) in [7, 11) is 2.18. The number of ether oxygens (including phenoxy) is 1. The molecule has 4 aliphatic carbocycles. The van der Waals surface area contributed by atoms with Crippen molar-refractivity contribution in [1.82, 2.24) is 24.3 Å². The van der Waals surface area contributed by atoms with Crippen molar-refractivity contribution in [3.8, 4) is 17.0 Å². The summed E-state index contributed by atoms with van der Waals surface area (Å²) in [5.74, 6) is 1.56. The third kappa shape index (κ3) is 4.04. The van der Waals surface area contributed by atoms with E-state index in [0.717, 1.165) is 44.8 Å². The highest BCUT2D eigenvalue weighted by Crippen LogP contribution is 2.61. The van der Waals surface area contributed by atoms with Gasteiger partial charge in [0, 0.05) is 62.1 Å². The van der Waals surface area contributed by atoms with Crippen molar-refractivity contribution >= 4 is 5.82 Å². The Morgan fingerprint density at radius 1 is 1.15 bits per heavy atom. The Balaban J connectivity index is 1.28. The topological polar surface area (TPSA) is 72.4 Å². The van der Waals surface area contributed by atoms with Gasteiger partial charge in [0.15, 0.2) is 11.6 Å². The van der Waals surface area contributed by atoms with E-state index in [9.17, 15) is 13.2 Å². The maximum absolute atomic E-state index is 12.8. The van der Waals surface area contributed by atoms with E-state index in [1.165, 1.54) is 37.9 Å². The molecule has 1 aliphatic heterocycles. The quantitative estimate of drug-likeness (QED) is 0.685. The Labute approximate surface area is 197 Å². The first-order valence-corrected chi connectivity index (χ1v) is 12.2. The second-order valence-electron chi connectivity index (χ2n) is 10.7. The number of nitrogens with zero attached hydrogens (tertiary/aromatic N) is 5. The zero-order chi connectivity index (χ0) is 23.7. The number of pyridine rings is 1. The molecule has 1 unspecified atom stereocenters. The molecule has 5 aliphatic rings. The number of aromatic nitrogens is 3. The van der Waals surface area contributed by atoms with Gasteiger partial charge >= 0.3 is 6.36 Å². The molecule has 2 N–H and O–H groups in total. The minimum absolute atomic E-state index is 0.288. The number of nitrogen functional groups attached to an aromatic ring is 1. The van der Waals surface area contributed by atoms with E-state index in [1.54, 1.807) is 0 Å². The summed E-state index contributed by atoms with van der Waals surface area (Å²) in [6.07, 6.45) is 5.60. The highest BCUT2D eigenvalue weighted by Gasteiger charge is 2.59. The van der Waals surface area contributed by atoms with E-state index in [1.807, 2.05) is 6.20 Å². The van der Waals surface area contributed by atoms with Gasteiger partial charge in [-0.3, -0.25) is 4.90 Å². The summed E-state index contributed by atoms with van der Waals surface area (Å²) in [6, 6.07) is 1.69. The molecule has 34 heavy (non-hydrogen) atoms. The van der Waals surface area contributed by atoms with Crippen LogP contribution in [-0.2, 0) is 6.42 Å². The molecule has 2 bridgehead atoms. The predicted molar refractivity (Wildman–Crippen MR) is 121 cm³/mol. The Morgan fingerprint density at radius 3 is 2.56 bits per heavy atom. The molecule has 0 spiro atoms. The van der Waals surface area contributed by atoms with Crippen LogP contribution in [0.1, 0.15) is 44.0 Å². The molecule has 3 heterocycles. The van der Waals surface area contributed by atoms with Crippen molar-refractivity contribution in [3.05, 3.63) is 24.3 Å². The molecule has 1 atom stereocenters. The SMILES string of the molecule is CN1CCN(C23CC(C2)C(n2cc(-c4cnc(N)c(OC(F)(F)F)c4)nc2CC2CC2)C3)CC1. The van der Waals surface area contributed by atoms with Crippen LogP contribution in [0.2, 0.25) is 0 Å². The number of imidazole rings is 1. The first kappa shape index (κ1) is 22.2. The monoisotopic (exact) mass is 476 g/mol. The second-order valence-corrected chi connectivity index (χ2v) is 10.7. The van der Waals surface area contributed by atoms with Gasteiger partial charge in [-0.2, -0.15) is 0 Å². The lowest BCUT2D eigenvalue weighted by atomic mass is 9.75. The third-order valence-electron chi connectivity index (χ3n) is 8.33. The van der Waals surface area contributed by atoms with Gasteiger partial charge in [-0.1, -0.05) is 0 Å². The number of fused-ring (bicyclic) bond motifs is 1. The van der Waals surface area contributed by atoms with Crippen LogP contribution in [0.5, 0.6) is 5.75 Å². The van der Waals surface area contributed by atoms with Gasteiger partial charge in [-0.15, -0.1) is 13.2 Å². The van der Waals surface area contributed by atoms with Gasteiger partial charge < -0.3 is 19.9 Å². The Kier molecular flexibility index (Phi) is 5.11. The fourth-order valence-electron chi connectivity index (χ4n) is 6.30. The van der Waals surface area contributed by atoms with E-state index in [0.29, 0.717) is 34.7 Å². The number of alkyl halides is 3. The lowest BCUT2D eigenvalue weighted by Gasteiger charge is -2.50. The number of likely N-dealkylation sites (N-methyl/N-ethyl adjacent to an activating group) is 1. The van der Waals surface area contributed by atoms with E-state index >= 15 is 0 Å². The van der Waals surface area contributed by atoms with Crippen molar-refractivity contribution in [2.75, 3.05) is 39.0 Å². The Hall–Kier alpha value is -2.33. The summed E-state index contributed by atoms with van der Waals surface area (Å²) in [5.41, 5.74) is 7.05. The van der Waals surface area contributed by atoms with Crippen LogP contribution in [0, 0.1) is 11.8 Å². The highest BCUT2D eigenvalue weighted by atomic mass is 19.4. The van der Waals surface area contributed by atoms with E-state index in [-0.39, 0.29) is 5.82 Å². The number of hydrogen-bond acceptors (Lipinski definition) is 6. The molecular weight excluding hydrogens is 445 g/mol. The fraction of sp³-hybridized carbons (Fsp3) is 0.667. The standard InChI is InChI=1S/C24H31F3N6O/c1-31-4-6-32(7-5-31)23-10-17(11-23)19(12-23)33-14-18(30-21(33)8-15-2-3-15)16-9-20(22(28)29-13-16)34-24(25,26)27/h9,13-15,17,19H,2-8,10-12H2,1H3,(H2,28,29). The molecule has 0 aromatic carbocycles. The zero-order valence-electron chi connectivity index (χ0n) is 19.4. The summed E-state index contributed by atoms with van der Waals surface area (Å²) in [6.45, 7) is 4.48. The van der Waals surface area contributed by atoms with Crippen molar-refractivity contribution in [1.29, 1.82) is 0 Å². The van der Waals surface area contributed by atoms with Crippen LogP contribution >= 0.6 is 0 Å². The second kappa shape index (κ2) is 7.84. The average molecular weight is 477 g/mol. The normalized spacial score (nSPS) is 29.9. The molecule has 0 amide bonds. The molecule has 7 rings (SSSR count). The van der Waals surface area contributed by atoms with Crippen LogP contribution in [0.3, 0.4) is 0 Å². The molecule has 184 valence electrons. The van der Waals surface area contributed by atoms with Crippen molar-refractivity contribution in [3.63, 3.8) is 0 Å². The summed E-state index contributed by atoms with van der Waals surface area (Å²) < 4.78 is 44.8. The van der Waals surface area contributed by atoms with E-state index < -0.39 is 12.1 Å². The van der Waals surface area contributed by atoms with Gasteiger partial charge in [-0.05, 0) is 57.1 Å². The Bertz CT molecular complexity index is 1070. The van der Waals surface area contributed by atoms with Crippen LogP contribution in [0.25, 0.3) is 11.3 Å². The van der Waals surface area contributed by atoms with Gasteiger partial charge in [0.25, 0.3) is 0 Å². The lowest BCUT2D eigenvalue weighted by Crippen LogP contribution is -2.58. The molecule has 0 radical (unpaired) electrons. The number of halogens is 3. The van der Waals surface area contributed by atoms with E-state index in [2.05, 4.69) is 31.1 Å². The maximum atomic E-state index is 12.8. The number of nitrogens with two attached hydrogens (primary N) is 1. The molecule has 4 saturated carbocycles. The number of anilines is 1. The summed E-state index contributed by atoms with van der Waals surface area (Å²) in [5, 5.41) is 0. The molecule has 10 heteroatoms. The minimum atomic E-state index is -4.83. The first-order valence-electron chi connectivity index (χ1n) is 12.2. The molecule has 5 fully saturated rings. The third-order valence-corrected chi connectivity index (χ3v) is 8.33. The molecule has 7 nitrogen and oxygen atoms in total.